The number of alkyl halides is 2. The number of anilines is 1. The molecular weight excluding hydrogens is 459 g/mol. The molecule has 1 fully saturated rings. The van der Waals surface area contributed by atoms with Gasteiger partial charge in [0.05, 0.1) is 12.1 Å². The molecule has 0 spiro atoms. The number of amides is 1. The highest BCUT2D eigenvalue weighted by Gasteiger charge is 2.23. The van der Waals surface area contributed by atoms with Crippen LogP contribution in [0.15, 0.2) is 24.5 Å². The topological polar surface area (TPSA) is 101 Å². The molecule has 1 saturated carbocycles. The second-order valence-electron chi connectivity index (χ2n) is 9.04. The van der Waals surface area contributed by atoms with Crippen LogP contribution in [0.1, 0.15) is 38.4 Å². The monoisotopic (exact) mass is 485 g/mol. The van der Waals surface area contributed by atoms with Gasteiger partial charge in [0.15, 0.2) is 5.82 Å². The van der Waals surface area contributed by atoms with Gasteiger partial charge in [0, 0.05) is 42.4 Å². The van der Waals surface area contributed by atoms with Gasteiger partial charge in [-0.05, 0) is 50.3 Å². The van der Waals surface area contributed by atoms with Crippen LogP contribution in [0.3, 0.4) is 0 Å². The molecule has 184 valence electrons. The summed E-state index contributed by atoms with van der Waals surface area (Å²) in [6.07, 6.45) is 4.38. The fourth-order valence-electron chi connectivity index (χ4n) is 4.89. The summed E-state index contributed by atoms with van der Waals surface area (Å²) in [6.45, 7) is 2.56. The van der Waals surface area contributed by atoms with E-state index in [2.05, 4.69) is 30.6 Å². The van der Waals surface area contributed by atoms with E-state index in [4.69, 9.17) is 0 Å². The van der Waals surface area contributed by atoms with Gasteiger partial charge in [0.25, 0.3) is 6.43 Å². The standard InChI is InChI=1S/C24H26F3N7O/c1-12-30-22-19(25)7-14(8-20(22)34(12)11-21(26)27)17-9-28-23-18(17)10-29-24(33-23)32-16-5-3-15(4-6-16)31-13(2)35/h7-10,15-16,21H,3-6,11H2,1-2H3,(H,31,35)(H2,28,29,32,33)/t15-,16+. The number of aromatic nitrogens is 5. The number of H-pyrrole nitrogens is 1. The van der Waals surface area contributed by atoms with Gasteiger partial charge in [0.1, 0.15) is 17.0 Å². The third-order valence-electron chi connectivity index (χ3n) is 6.53. The smallest absolute Gasteiger partial charge is 0.256 e. The average Bonchev–Trinajstić information content (AvgIpc) is 3.36. The first-order valence-electron chi connectivity index (χ1n) is 11.6. The molecule has 1 aromatic carbocycles. The lowest BCUT2D eigenvalue weighted by molar-refractivity contribution is -0.119. The van der Waals surface area contributed by atoms with Gasteiger partial charge in [-0.1, -0.05) is 0 Å². The van der Waals surface area contributed by atoms with E-state index in [0.29, 0.717) is 39.4 Å². The van der Waals surface area contributed by atoms with Gasteiger partial charge in [-0.2, -0.15) is 4.98 Å². The molecular formula is C24H26F3N7O. The Kier molecular flexibility index (Phi) is 6.08. The first-order chi connectivity index (χ1) is 16.8. The maximum absolute atomic E-state index is 14.9. The Morgan fingerprint density at radius 3 is 2.66 bits per heavy atom. The molecule has 1 aliphatic carbocycles. The molecule has 3 heterocycles. The van der Waals surface area contributed by atoms with Crippen LogP contribution in [0.5, 0.6) is 0 Å². The molecule has 1 aliphatic rings. The first-order valence-corrected chi connectivity index (χ1v) is 11.6. The number of hydrogen-bond donors (Lipinski definition) is 3. The number of carbonyl (C=O) groups excluding carboxylic acids is 1. The number of hydrogen-bond acceptors (Lipinski definition) is 5. The minimum Gasteiger partial charge on any atom is -0.354 e. The van der Waals surface area contributed by atoms with Crippen molar-refractivity contribution in [2.75, 3.05) is 5.32 Å². The van der Waals surface area contributed by atoms with Crippen LogP contribution >= 0.6 is 0 Å². The predicted octanol–water partition coefficient (Wildman–Crippen LogP) is 4.55. The number of nitrogens with one attached hydrogen (secondary N) is 3. The minimum absolute atomic E-state index is 0.00890. The van der Waals surface area contributed by atoms with Gasteiger partial charge in [-0.3, -0.25) is 4.79 Å². The lowest BCUT2D eigenvalue weighted by Gasteiger charge is -2.29. The Bertz CT molecular complexity index is 1390. The van der Waals surface area contributed by atoms with Crippen LogP contribution in [0.2, 0.25) is 0 Å². The molecule has 4 aromatic rings. The predicted molar refractivity (Wildman–Crippen MR) is 127 cm³/mol. The maximum atomic E-state index is 14.9. The van der Waals surface area contributed by atoms with E-state index >= 15 is 0 Å². The number of halogens is 3. The molecule has 0 radical (unpaired) electrons. The number of aryl methyl sites for hydroxylation is 1. The van der Waals surface area contributed by atoms with E-state index in [0.717, 1.165) is 25.7 Å². The van der Waals surface area contributed by atoms with Crippen molar-refractivity contribution >= 4 is 33.9 Å². The van der Waals surface area contributed by atoms with E-state index in [1.807, 2.05) is 0 Å². The van der Waals surface area contributed by atoms with Crippen LogP contribution in [0.25, 0.3) is 33.2 Å². The van der Waals surface area contributed by atoms with Crippen molar-refractivity contribution in [1.29, 1.82) is 0 Å². The van der Waals surface area contributed by atoms with Gasteiger partial charge in [-0.25, -0.2) is 23.1 Å². The molecule has 11 heteroatoms. The molecule has 0 unspecified atom stereocenters. The number of aromatic amines is 1. The van der Waals surface area contributed by atoms with Crippen molar-refractivity contribution in [3.8, 4) is 11.1 Å². The van der Waals surface area contributed by atoms with Crippen molar-refractivity contribution < 1.29 is 18.0 Å². The fourth-order valence-corrected chi connectivity index (χ4v) is 4.89. The summed E-state index contributed by atoms with van der Waals surface area (Å²) >= 11 is 0. The third-order valence-corrected chi connectivity index (χ3v) is 6.53. The first kappa shape index (κ1) is 23.1. The van der Waals surface area contributed by atoms with Crippen molar-refractivity contribution in [2.45, 2.75) is 64.6 Å². The van der Waals surface area contributed by atoms with E-state index < -0.39 is 18.8 Å². The lowest BCUT2D eigenvalue weighted by Crippen LogP contribution is -2.39. The summed E-state index contributed by atoms with van der Waals surface area (Å²) in [4.78, 5) is 27.5. The molecule has 8 nitrogen and oxygen atoms in total. The Hall–Kier alpha value is -3.63. The SMILES string of the molecule is CC(=O)N[C@H]1CC[C@@H](Nc2ncc3c(-c4cc(F)c5nc(C)n(CC(F)F)c5c4)c[nH]c3n2)CC1. The van der Waals surface area contributed by atoms with Crippen molar-refractivity contribution in [1.82, 2.24) is 29.8 Å². The highest BCUT2D eigenvalue weighted by molar-refractivity contribution is 5.96. The Morgan fingerprint density at radius 2 is 1.94 bits per heavy atom. The second-order valence-corrected chi connectivity index (χ2v) is 9.04. The zero-order valence-electron chi connectivity index (χ0n) is 19.4. The van der Waals surface area contributed by atoms with Crippen LogP contribution in [-0.4, -0.2) is 48.9 Å². The highest BCUT2D eigenvalue weighted by atomic mass is 19.3. The number of rotatable bonds is 6. The zero-order valence-corrected chi connectivity index (χ0v) is 19.4. The second kappa shape index (κ2) is 9.20. The molecule has 3 aromatic heterocycles. The summed E-state index contributed by atoms with van der Waals surface area (Å²) in [5, 5.41) is 7.02. The molecule has 0 saturated heterocycles. The quantitative estimate of drug-likeness (QED) is 0.372. The summed E-state index contributed by atoms with van der Waals surface area (Å²) in [5.41, 5.74) is 2.18. The molecule has 0 aliphatic heterocycles. The van der Waals surface area contributed by atoms with Crippen LogP contribution in [0.4, 0.5) is 19.1 Å². The van der Waals surface area contributed by atoms with E-state index in [9.17, 15) is 18.0 Å². The Balaban J connectivity index is 1.39. The fraction of sp³-hybridized carbons (Fsp3) is 0.417. The molecule has 35 heavy (non-hydrogen) atoms. The molecule has 3 N–H and O–H groups in total. The van der Waals surface area contributed by atoms with Crippen molar-refractivity contribution in [2.24, 2.45) is 0 Å². The minimum atomic E-state index is -2.58. The number of fused-ring (bicyclic) bond motifs is 2. The van der Waals surface area contributed by atoms with Crippen LogP contribution < -0.4 is 10.6 Å². The average molecular weight is 486 g/mol. The molecule has 0 bridgehead atoms. The van der Waals surface area contributed by atoms with Gasteiger partial charge < -0.3 is 20.2 Å². The number of benzene rings is 1. The van der Waals surface area contributed by atoms with Gasteiger partial charge >= 0.3 is 0 Å². The molecule has 1 amide bonds. The van der Waals surface area contributed by atoms with Crippen LogP contribution in [0, 0.1) is 12.7 Å². The molecule has 0 atom stereocenters. The van der Waals surface area contributed by atoms with Gasteiger partial charge in [-0.15, -0.1) is 0 Å². The largest absolute Gasteiger partial charge is 0.354 e. The van der Waals surface area contributed by atoms with Gasteiger partial charge in [0.2, 0.25) is 11.9 Å². The summed E-state index contributed by atoms with van der Waals surface area (Å²) < 4.78 is 42.3. The van der Waals surface area contributed by atoms with E-state index in [-0.39, 0.29) is 23.5 Å². The molecule has 5 rings (SSSR count). The lowest BCUT2D eigenvalue weighted by atomic mass is 9.91. The van der Waals surface area contributed by atoms with E-state index in [1.165, 1.54) is 17.6 Å². The third kappa shape index (κ3) is 4.67. The van der Waals surface area contributed by atoms with Crippen molar-refractivity contribution in [3.05, 3.63) is 36.2 Å². The highest BCUT2D eigenvalue weighted by Crippen LogP contribution is 2.32. The summed E-state index contributed by atoms with van der Waals surface area (Å²) in [6, 6.07) is 3.44. The summed E-state index contributed by atoms with van der Waals surface area (Å²) in [7, 11) is 0. The van der Waals surface area contributed by atoms with Crippen molar-refractivity contribution in [3.63, 3.8) is 0 Å². The van der Waals surface area contributed by atoms with E-state index in [1.54, 1.807) is 25.4 Å². The zero-order chi connectivity index (χ0) is 24.7. The summed E-state index contributed by atoms with van der Waals surface area (Å²) in [5.74, 6) is 0.240. The van der Waals surface area contributed by atoms with Crippen LogP contribution in [-0.2, 0) is 11.3 Å². The number of carbonyl (C=O) groups is 1. The Labute approximate surface area is 199 Å². The normalized spacial score (nSPS) is 18.5. The Morgan fingerprint density at radius 1 is 1.20 bits per heavy atom. The number of imidazole rings is 1. The number of nitrogens with zero attached hydrogens (tertiary/aromatic N) is 4. The maximum Gasteiger partial charge on any atom is 0.256 e.